The Labute approximate surface area is 115 Å². The van der Waals surface area contributed by atoms with E-state index in [2.05, 4.69) is 15.0 Å². The molecule has 2 aromatic carbocycles. The van der Waals surface area contributed by atoms with Crippen molar-refractivity contribution in [1.82, 2.24) is 15.0 Å². The van der Waals surface area contributed by atoms with E-state index in [9.17, 15) is 0 Å². The molecule has 0 saturated heterocycles. The Kier molecular flexibility index (Phi) is 2.23. The summed E-state index contributed by atoms with van der Waals surface area (Å²) in [5.41, 5.74) is 10.1. The number of para-hydroxylation sites is 2. The highest BCUT2D eigenvalue weighted by molar-refractivity contribution is 5.89. The number of H-pyrrole nitrogens is 1. The van der Waals surface area contributed by atoms with Gasteiger partial charge in [0.15, 0.2) is 5.82 Å². The van der Waals surface area contributed by atoms with Gasteiger partial charge in [0.05, 0.1) is 16.7 Å². The summed E-state index contributed by atoms with van der Waals surface area (Å²) in [7, 11) is 0. The number of nitrogens with one attached hydrogen (secondary N) is 1. The van der Waals surface area contributed by atoms with Crippen molar-refractivity contribution in [3.05, 3.63) is 54.6 Å². The van der Waals surface area contributed by atoms with Gasteiger partial charge in [-0.2, -0.15) is 0 Å². The van der Waals surface area contributed by atoms with Crippen LogP contribution in [0.25, 0.3) is 33.5 Å². The number of aromatic amines is 1. The topological polar surface area (TPSA) is 67.6 Å². The molecule has 0 saturated carbocycles. The number of nitrogens with two attached hydrogens (primary N) is 1. The van der Waals surface area contributed by atoms with Gasteiger partial charge in [0.1, 0.15) is 11.2 Å². The number of hydrogen-bond acceptors (Lipinski definition) is 3. The summed E-state index contributed by atoms with van der Waals surface area (Å²) in [6.45, 7) is 0. The first-order chi connectivity index (χ1) is 9.81. The quantitative estimate of drug-likeness (QED) is 0.516. The highest BCUT2D eigenvalue weighted by atomic mass is 15.0. The zero-order chi connectivity index (χ0) is 13.5. The lowest BCUT2D eigenvalue weighted by atomic mass is 10.2. The summed E-state index contributed by atoms with van der Waals surface area (Å²) in [4.78, 5) is 12.4. The number of nitrogen functional groups attached to an aromatic ring is 1. The van der Waals surface area contributed by atoms with E-state index in [0.29, 0.717) is 5.69 Å². The van der Waals surface area contributed by atoms with E-state index in [1.165, 1.54) is 0 Å². The maximum absolute atomic E-state index is 5.94. The molecular formula is C16H12N4. The first kappa shape index (κ1) is 11.0. The van der Waals surface area contributed by atoms with Crippen LogP contribution in [-0.2, 0) is 0 Å². The predicted octanol–water partition coefficient (Wildman–Crippen LogP) is 3.36. The van der Waals surface area contributed by atoms with Crippen LogP contribution in [0.5, 0.6) is 0 Å². The molecule has 4 rings (SSSR count). The minimum atomic E-state index is 0.672. The third-order valence-corrected chi connectivity index (χ3v) is 3.38. The number of rotatable bonds is 1. The average Bonchev–Trinajstić information content (AvgIpc) is 2.92. The molecule has 0 aliphatic carbocycles. The molecule has 96 valence electrons. The van der Waals surface area contributed by atoms with Crippen molar-refractivity contribution in [3.8, 4) is 11.5 Å². The van der Waals surface area contributed by atoms with Crippen LogP contribution in [0.15, 0.2) is 54.6 Å². The number of fused-ring (bicyclic) bond motifs is 2. The molecule has 0 aliphatic rings. The van der Waals surface area contributed by atoms with Gasteiger partial charge < -0.3 is 10.7 Å². The van der Waals surface area contributed by atoms with E-state index in [1.54, 1.807) is 0 Å². The van der Waals surface area contributed by atoms with Gasteiger partial charge in [-0.1, -0.05) is 30.3 Å². The smallest absolute Gasteiger partial charge is 0.157 e. The van der Waals surface area contributed by atoms with E-state index in [0.717, 1.165) is 33.5 Å². The lowest BCUT2D eigenvalue weighted by molar-refractivity contribution is 1.27. The number of anilines is 1. The molecule has 0 atom stereocenters. The van der Waals surface area contributed by atoms with Crippen LogP contribution in [0.4, 0.5) is 5.69 Å². The molecule has 4 heteroatoms. The predicted molar refractivity (Wildman–Crippen MR) is 81.2 cm³/mol. The van der Waals surface area contributed by atoms with Crippen LogP contribution in [0.2, 0.25) is 0 Å². The van der Waals surface area contributed by atoms with E-state index < -0.39 is 0 Å². The van der Waals surface area contributed by atoms with Crippen LogP contribution in [-0.4, -0.2) is 15.0 Å². The molecule has 0 aliphatic heterocycles. The molecule has 2 heterocycles. The zero-order valence-electron chi connectivity index (χ0n) is 10.7. The van der Waals surface area contributed by atoms with Crippen LogP contribution in [0.3, 0.4) is 0 Å². The zero-order valence-corrected chi connectivity index (χ0v) is 10.7. The van der Waals surface area contributed by atoms with Gasteiger partial charge in [-0.05, 0) is 24.3 Å². The van der Waals surface area contributed by atoms with E-state index in [4.69, 9.17) is 5.73 Å². The third kappa shape index (κ3) is 1.62. The van der Waals surface area contributed by atoms with Crippen molar-refractivity contribution in [1.29, 1.82) is 0 Å². The lowest BCUT2D eigenvalue weighted by Gasteiger charge is -1.99. The molecule has 0 bridgehead atoms. The summed E-state index contributed by atoms with van der Waals surface area (Å²) >= 11 is 0. The molecule has 4 aromatic rings. The largest absolute Gasteiger partial charge is 0.397 e. The standard InChI is InChI=1S/C16H12N4/c17-11-5-3-7-13-15(11)20-16(19-13)14-9-8-10-4-1-2-6-12(10)18-14/h1-9H,17H2,(H,19,20). The van der Waals surface area contributed by atoms with Crippen LogP contribution < -0.4 is 5.73 Å². The molecule has 0 unspecified atom stereocenters. The van der Waals surface area contributed by atoms with Gasteiger partial charge in [0.2, 0.25) is 0 Å². The van der Waals surface area contributed by atoms with E-state index >= 15 is 0 Å². The van der Waals surface area contributed by atoms with E-state index in [-0.39, 0.29) is 0 Å². The fraction of sp³-hybridized carbons (Fsp3) is 0. The Balaban J connectivity index is 1.94. The number of nitrogens with zero attached hydrogens (tertiary/aromatic N) is 2. The Morgan fingerprint density at radius 3 is 2.65 bits per heavy atom. The summed E-state index contributed by atoms with van der Waals surface area (Å²) < 4.78 is 0. The van der Waals surface area contributed by atoms with Gasteiger partial charge in [-0.25, -0.2) is 9.97 Å². The fourth-order valence-corrected chi connectivity index (χ4v) is 2.37. The van der Waals surface area contributed by atoms with Crippen molar-refractivity contribution in [3.63, 3.8) is 0 Å². The second-order valence-electron chi connectivity index (χ2n) is 4.72. The molecule has 0 fully saturated rings. The molecule has 0 spiro atoms. The SMILES string of the molecule is Nc1cccc2[nH]c(-c3ccc4ccccc4n3)nc12. The van der Waals surface area contributed by atoms with Crippen molar-refractivity contribution >= 4 is 27.6 Å². The van der Waals surface area contributed by atoms with Crippen molar-refractivity contribution in [2.45, 2.75) is 0 Å². The van der Waals surface area contributed by atoms with Crippen molar-refractivity contribution in [2.75, 3.05) is 5.73 Å². The summed E-state index contributed by atoms with van der Waals surface area (Å²) in [5.74, 6) is 0.739. The number of hydrogen-bond donors (Lipinski definition) is 2. The van der Waals surface area contributed by atoms with Crippen molar-refractivity contribution < 1.29 is 0 Å². The van der Waals surface area contributed by atoms with Gasteiger partial charge in [0, 0.05) is 5.39 Å². The summed E-state index contributed by atoms with van der Waals surface area (Å²) in [5, 5.41) is 1.12. The third-order valence-electron chi connectivity index (χ3n) is 3.38. The molecule has 2 aromatic heterocycles. The average molecular weight is 260 g/mol. The summed E-state index contributed by atoms with van der Waals surface area (Å²) in [6, 6.07) is 17.8. The van der Waals surface area contributed by atoms with E-state index in [1.807, 2.05) is 54.6 Å². The molecule has 3 N–H and O–H groups in total. The Hall–Kier alpha value is -2.88. The first-order valence-electron chi connectivity index (χ1n) is 6.42. The maximum atomic E-state index is 5.94. The number of imidazole rings is 1. The van der Waals surface area contributed by atoms with Crippen molar-refractivity contribution in [2.24, 2.45) is 0 Å². The fourth-order valence-electron chi connectivity index (χ4n) is 2.37. The van der Waals surface area contributed by atoms with Crippen LogP contribution >= 0.6 is 0 Å². The monoisotopic (exact) mass is 260 g/mol. The second-order valence-corrected chi connectivity index (χ2v) is 4.72. The molecule has 20 heavy (non-hydrogen) atoms. The molecule has 0 amide bonds. The Bertz CT molecular complexity index is 924. The number of pyridine rings is 1. The number of benzene rings is 2. The molecule has 0 radical (unpaired) electrons. The second kappa shape index (κ2) is 4.06. The normalized spacial score (nSPS) is 11.2. The van der Waals surface area contributed by atoms with Crippen LogP contribution in [0.1, 0.15) is 0 Å². The molecule has 4 nitrogen and oxygen atoms in total. The highest BCUT2D eigenvalue weighted by Gasteiger charge is 2.08. The van der Waals surface area contributed by atoms with Gasteiger partial charge >= 0.3 is 0 Å². The summed E-state index contributed by atoms with van der Waals surface area (Å²) in [6.07, 6.45) is 0. The molecular weight excluding hydrogens is 248 g/mol. The lowest BCUT2D eigenvalue weighted by Crippen LogP contribution is -1.87. The van der Waals surface area contributed by atoms with Crippen LogP contribution in [0, 0.1) is 0 Å². The Morgan fingerprint density at radius 1 is 0.850 bits per heavy atom. The minimum Gasteiger partial charge on any atom is -0.397 e. The minimum absolute atomic E-state index is 0.672. The van der Waals surface area contributed by atoms with Gasteiger partial charge in [0.25, 0.3) is 0 Å². The first-order valence-corrected chi connectivity index (χ1v) is 6.42. The Morgan fingerprint density at radius 2 is 1.75 bits per heavy atom. The van der Waals surface area contributed by atoms with Gasteiger partial charge in [-0.15, -0.1) is 0 Å². The maximum Gasteiger partial charge on any atom is 0.157 e. The highest BCUT2D eigenvalue weighted by Crippen LogP contribution is 2.24. The number of aromatic nitrogens is 3. The van der Waals surface area contributed by atoms with Gasteiger partial charge in [-0.3, -0.25) is 0 Å².